The van der Waals surface area contributed by atoms with Crippen LogP contribution in [0.3, 0.4) is 0 Å². The summed E-state index contributed by atoms with van der Waals surface area (Å²) in [5.74, 6) is 1.78. The van der Waals surface area contributed by atoms with Crippen molar-refractivity contribution in [2.45, 2.75) is 32.6 Å². The van der Waals surface area contributed by atoms with Gasteiger partial charge in [0, 0.05) is 12.2 Å². The zero-order chi connectivity index (χ0) is 17.3. The number of hydrogen-bond donors (Lipinski definition) is 0. The second-order valence-corrected chi connectivity index (χ2v) is 6.39. The van der Waals surface area contributed by atoms with Crippen LogP contribution in [0.4, 0.5) is 0 Å². The van der Waals surface area contributed by atoms with E-state index in [1.54, 1.807) is 6.07 Å². The van der Waals surface area contributed by atoms with Crippen LogP contribution >= 0.6 is 0 Å². The van der Waals surface area contributed by atoms with Crippen molar-refractivity contribution in [3.63, 3.8) is 0 Å². The van der Waals surface area contributed by atoms with Crippen LogP contribution in [0, 0.1) is 12.3 Å². The topological polar surface area (TPSA) is 35.3 Å². The molecule has 0 bridgehead atoms. The van der Waals surface area contributed by atoms with E-state index in [1.165, 1.54) is 5.56 Å². The van der Waals surface area contributed by atoms with Gasteiger partial charge in [0.05, 0.1) is 6.61 Å². The summed E-state index contributed by atoms with van der Waals surface area (Å²) in [7, 11) is 0. The maximum Gasteiger partial charge on any atom is 1.00 e. The molecule has 0 spiro atoms. The summed E-state index contributed by atoms with van der Waals surface area (Å²) < 4.78 is 10.5. The molecule has 0 radical (unpaired) electrons. The minimum Gasteiger partial charge on any atom is -0.519 e. The van der Waals surface area contributed by atoms with E-state index in [1.807, 2.05) is 42.5 Å². The van der Waals surface area contributed by atoms with Crippen LogP contribution < -0.4 is 56.1 Å². The zero-order valence-electron chi connectivity index (χ0n) is 15.5. The van der Waals surface area contributed by atoms with Gasteiger partial charge < -0.3 is 9.26 Å². The van der Waals surface area contributed by atoms with E-state index < -0.39 is 0 Å². The molecule has 126 valence electrons. The molecule has 0 unspecified atom stereocenters. The molecule has 1 heterocycles. The average molecular weight is 361 g/mol. The van der Waals surface area contributed by atoms with Crippen LogP contribution in [-0.2, 0) is 11.8 Å². The maximum atomic E-state index is 5.59. The second kappa shape index (κ2) is 11.7. The Bertz CT molecular complexity index is 637. The Balaban J connectivity index is 0.000000270. The van der Waals surface area contributed by atoms with Gasteiger partial charge in [0.25, 0.3) is 0 Å². The molecule has 4 heteroatoms. The van der Waals surface area contributed by atoms with Crippen LogP contribution in [0.5, 0.6) is 5.75 Å². The summed E-state index contributed by atoms with van der Waals surface area (Å²) in [6.45, 7) is 6.93. The molecule has 0 aliphatic heterocycles. The second-order valence-electron chi connectivity index (χ2n) is 6.39. The normalized spacial score (nSPS) is 10.2. The van der Waals surface area contributed by atoms with Crippen molar-refractivity contribution in [2.75, 3.05) is 6.61 Å². The summed E-state index contributed by atoms with van der Waals surface area (Å²) >= 11 is 0. The summed E-state index contributed by atoms with van der Waals surface area (Å²) in [6, 6.07) is 22.6. The van der Waals surface area contributed by atoms with Crippen LogP contribution in [0.25, 0.3) is 0 Å². The van der Waals surface area contributed by atoms with Gasteiger partial charge in [-0.25, -0.2) is 5.16 Å². The van der Waals surface area contributed by atoms with Crippen molar-refractivity contribution < 1.29 is 60.6 Å². The fourth-order valence-corrected chi connectivity index (χ4v) is 1.94. The van der Waals surface area contributed by atoms with E-state index in [-0.39, 0.29) is 56.8 Å². The summed E-state index contributed by atoms with van der Waals surface area (Å²) in [6.07, 6.45) is 3.56. The average Bonchev–Trinajstić information content (AvgIpc) is 3.12. The monoisotopic (exact) mass is 360 g/mol. The molecule has 1 aromatic heterocycles. The van der Waals surface area contributed by atoms with Crippen LogP contribution in [-0.4, -0.2) is 11.8 Å². The Kier molecular flexibility index (Phi) is 10.3. The molecule has 2 aromatic carbocycles. The first-order valence-corrected chi connectivity index (χ1v) is 8.02. The summed E-state index contributed by atoms with van der Waals surface area (Å²) in [4.78, 5) is 0. The van der Waals surface area contributed by atoms with E-state index in [0.29, 0.717) is 6.61 Å². The van der Waals surface area contributed by atoms with Crippen LogP contribution in [0.2, 0.25) is 0 Å². The van der Waals surface area contributed by atoms with Crippen molar-refractivity contribution in [3.8, 4) is 5.75 Å². The van der Waals surface area contributed by atoms with Gasteiger partial charge in [-0.1, -0.05) is 51.1 Å². The molecule has 0 saturated heterocycles. The third-order valence-electron chi connectivity index (χ3n) is 3.32. The van der Waals surface area contributed by atoms with Crippen molar-refractivity contribution >= 4 is 0 Å². The summed E-state index contributed by atoms with van der Waals surface area (Å²) in [5.41, 5.74) is 1.37. The number of ether oxygens (including phenoxy) is 1. The van der Waals surface area contributed by atoms with Crippen LogP contribution in [0.1, 0.15) is 32.1 Å². The number of rotatable bonds is 4. The van der Waals surface area contributed by atoms with Gasteiger partial charge in [-0.3, -0.25) is 0 Å². The molecular formula is C21H23KNO2-. The Labute approximate surface area is 193 Å². The van der Waals surface area contributed by atoms with Crippen molar-refractivity contribution in [1.82, 2.24) is 5.16 Å². The molecule has 25 heavy (non-hydrogen) atoms. The quantitative estimate of drug-likeness (QED) is 0.526. The first kappa shape index (κ1) is 22.1. The number of aromatic nitrogens is 1. The number of benzene rings is 2. The fourth-order valence-electron chi connectivity index (χ4n) is 1.94. The molecule has 0 amide bonds. The Morgan fingerprint density at radius 1 is 1.04 bits per heavy atom. The third-order valence-corrected chi connectivity index (χ3v) is 3.32. The molecule has 3 nitrogen and oxygen atoms in total. The standard InChI is InChI=1S/C14H13O.C7H10NO.K/c1-3-7-13(8-4-1)11-12-15-14-9-5-2-6-10-14;1-7(2,3)6-4-5-8-9-6;/h1,3-10H,11-12H2;4H,1-3H3;/q2*-1;+1. The van der Waals surface area contributed by atoms with Gasteiger partial charge in [0.2, 0.25) is 0 Å². The smallest absolute Gasteiger partial charge is 0.519 e. The minimum absolute atomic E-state index is 0. The summed E-state index contributed by atoms with van der Waals surface area (Å²) in [5, 5.41) is 3.49. The molecule has 3 rings (SSSR count). The van der Waals surface area contributed by atoms with Gasteiger partial charge in [0.1, 0.15) is 0 Å². The molecule has 0 N–H and O–H groups in total. The van der Waals surface area contributed by atoms with Gasteiger partial charge in [0.15, 0.2) is 0 Å². The van der Waals surface area contributed by atoms with E-state index >= 15 is 0 Å². The van der Waals surface area contributed by atoms with E-state index in [4.69, 9.17) is 9.26 Å². The molecule has 0 aliphatic rings. The SMILES string of the molecule is CC(C)(C)c1c[c-]no1.[K+].[c-]1ccc(OCCc2ccccc2)cc1. The van der Waals surface area contributed by atoms with Crippen LogP contribution in [0.15, 0.2) is 65.2 Å². The van der Waals surface area contributed by atoms with Gasteiger partial charge in [-0.2, -0.15) is 24.3 Å². The zero-order valence-corrected chi connectivity index (χ0v) is 18.6. The molecule has 0 saturated carbocycles. The van der Waals surface area contributed by atoms with E-state index in [2.05, 4.69) is 50.3 Å². The number of hydrogen-bond acceptors (Lipinski definition) is 3. The van der Waals surface area contributed by atoms with Crippen molar-refractivity contribution in [3.05, 3.63) is 84.3 Å². The predicted octanol–water partition coefficient (Wildman–Crippen LogP) is 1.88. The number of nitrogens with zero attached hydrogens (tertiary/aromatic N) is 1. The van der Waals surface area contributed by atoms with Gasteiger partial charge in [-0.05, 0) is 16.7 Å². The van der Waals surface area contributed by atoms with Gasteiger partial charge in [-0.15, -0.1) is 18.3 Å². The molecule has 0 aliphatic carbocycles. The van der Waals surface area contributed by atoms with Crippen molar-refractivity contribution in [2.24, 2.45) is 0 Å². The van der Waals surface area contributed by atoms with E-state index in [9.17, 15) is 0 Å². The molecule has 0 atom stereocenters. The molecule has 3 aromatic rings. The largest absolute Gasteiger partial charge is 1.00 e. The minimum atomic E-state index is 0. The van der Waals surface area contributed by atoms with Crippen molar-refractivity contribution in [1.29, 1.82) is 0 Å². The maximum absolute atomic E-state index is 5.59. The predicted molar refractivity (Wildman–Crippen MR) is 95.0 cm³/mol. The van der Waals surface area contributed by atoms with E-state index in [0.717, 1.165) is 17.9 Å². The first-order valence-electron chi connectivity index (χ1n) is 8.02. The van der Waals surface area contributed by atoms with Gasteiger partial charge >= 0.3 is 51.4 Å². The first-order chi connectivity index (χ1) is 11.6. The Hall–Kier alpha value is -0.914. The molecular weight excluding hydrogens is 337 g/mol. The molecule has 0 fully saturated rings. The Morgan fingerprint density at radius 3 is 2.24 bits per heavy atom. The Morgan fingerprint density at radius 2 is 1.72 bits per heavy atom. The third kappa shape index (κ3) is 8.83. The fraction of sp³-hybridized carbons (Fsp3) is 0.286.